The summed E-state index contributed by atoms with van der Waals surface area (Å²) in [6, 6.07) is 14.2. The molecule has 3 heterocycles. The highest BCUT2D eigenvalue weighted by molar-refractivity contribution is 7.18. The normalized spacial score (nSPS) is 11.5. The maximum Gasteiger partial charge on any atom is 0.254 e. The van der Waals surface area contributed by atoms with Crippen molar-refractivity contribution in [3.63, 3.8) is 0 Å². The Bertz CT molecular complexity index is 1200. The zero-order valence-corrected chi connectivity index (χ0v) is 19.4. The molecule has 2 N–H and O–H groups in total. The number of aromatic nitrogens is 3. The third-order valence-corrected chi connectivity index (χ3v) is 5.84. The average Bonchev–Trinajstić information content (AvgIpc) is 3.21. The van der Waals surface area contributed by atoms with Gasteiger partial charge in [-0.15, -0.1) is 11.3 Å². The number of pyridine rings is 1. The van der Waals surface area contributed by atoms with E-state index in [-0.39, 0.29) is 11.4 Å². The number of carbonyl (C=O) groups excluding carboxylic acids is 1. The second kappa shape index (κ2) is 9.44. The van der Waals surface area contributed by atoms with Crippen LogP contribution in [-0.4, -0.2) is 32.9 Å². The molecular weight excluding hydrogens is 418 g/mol. The van der Waals surface area contributed by atoms with Crippen LogP contribution < -0.4 is 10.6 Å². The van der Waals surface area contributed by atoms with Crippen molar-refractivity contribution in [3.05, 3.63) is 71.4 Å². The molecule has 0 fully saturated rings. The summed E-state index contributed by atoms with van der Waals surface area (Å²) >= 11 is 1.49. The summed E-state index contributed by atoms with van der Waals surface area (Å²) in [6.45, 7) is 6.68. The molecule has 0 bridgehead atoms. The molecule has 0 aliphatic heterocycles. The summed E-state index contributed by atoms with van der Waals surface area (Å²) in [5.41, 5.74) is 3.10. The van der Waals surface area contributed by atoms with Gasteiger partial charge in [-0.05, 0) is 51.3 Å². The van der Waals surface area contributed by atoms with Gasteiger partial charge in [0.2, 0.25) is 0 Å². The molecule has 32 heavy (non-hydrogen) atoms. The van der Waals surface area contributed by atoms with Crippen molar-refractivity contribution in [2.24, 2.45) is 0 Å². The van der Waals surface area contributed by atoms with Crippen LogP contribution in [-0.2, 0) is 6.42 Å². The number of hydrogen-bond donors (Lipinski definition) is 2. The number of fused-ring (bicyclic) bond motifs is 1. The molecule has 1 aromatic carbocycles. The maximum absolute atomic E-state index is 12.9. The van der Waals surface area contributed by atoms with Gasteiger partial charge in [0, 0.05) is 35.4 Å². The minimum Gasteiger partial charge on any atom is -0.369 e. The van der Waals surface area contributed by atoms with Crippen molar-refractivity contribution >= 4 is 33.3 Å². The lowest BCUT2D eigenvalue weighted by Crippen LogP contribution is -2.40. The van der Waals surface area contributed by atoms with E-state index in [1.807, 2.05) is 44.4 Å². The molecule has 3 aromatic heterocycles. The Balaban J connectivity index is 1.63. The van der Waals surface area contributed by atoms with Gasteiger partial charge in [-0.1, -0.05) is 30.3 Å². The number of carbonyl (C=O) groups is 1. The monoisotopic (exact) mass is 445 g/mol. The van der Waals surface area contributed by atoms with Gasteiger partial charge in [0.05, 0.1) is 10.3 Å². The van der Waals surface area contributed by atoms with Crippen LogP contribution in [0, 0.1) is 0 Å². The van der Waals surface area contributed by atoms with E-state index in [2.05, 4.69) is 39.9 Å². The topological polar surface area (TPSA) is 79.8 Å². The third-order valence-electron chi connectivity index (χ3n) is 4.86. The molecule has 1 amide bonds. The molecule has 0 atom stereocenters. The Morgan fingerprint density at radius 3 is 2.50 bits per heavy atom. The predicted octanol–water partition coefficient (Wildman–Crippen LogP) is 5.33. The molecule has 0 radical (unpaired) electrons. The lowest BCUT2D eigenvalue weighted by Gasteiger charge is -2.20. The molecule has 7 heteroatoms. The molecule has 6 nitrogen and oxygen atoms in total. The first-order valence-electron chi connectivity index (χ1n) is 10.7. The van der Waals surface area contributed by atoms with Gasteiger partial charge in [0.1, 0.15) is 11.3 Å². The lowest BCUT2D eigenvalue weighted by molar-refractivity contribution is 0.0921. The van der Waals surface area contributed by atoms with Crippen LogP contribution in [0.2, 0.25) is 0 Å². The Hall–Kier alpha value is -3.32. The van der Waals surface area contributed by atoms with Crippen LogP contribution in [0.15, 0.2) is 60.2 Å². The quantitative estimate of drug-likeness (QED) is 0.376. The first-order chi connectivity index (χ1) is 15.4. The van der Waals surface area contributed by atoms with Gasteiger partial charge in [-0.25, -0.2) is 9.97 Å². The van der Waals surface area contributed by atoms with Crippen molar-refractivity contribution in [3.8, 4) is 11.4 Å². The fourth-order valence-electron chi connectivity index (χ4n) is 3.38. The zero-order chi connectivity index (χ0) is 22.6. The molecule has 4 rings (SSSR count). The van der Waals surface area contributed by atoms with E-state index in [1.165, 1.54) is 16.9 Å². The summed E-state index contributed by atoms with van der Waals surface area (Å²) in [6.07, 6.45) is 5.40. The van der Waals surface area contributed by atoms with Gasteiger partial charge >= 0.3 is 0 Å². The minimum atomic E-state index is -0.329. The standard InChI is InChI=1S/C25H27N5OS/c1-25(2,3)30-24(31)19-16-32-21-20(19)28-22(18-11-14-26-15-12-18)29-23(21)27-13-7-10-17-8-5-4-6-9-17/h4-6,8-9,11-12,14-16H,7,10,13H2,1-3H3,(H,30,31)(H,27,28,29). The number of anilines is 1. The largest absolute Gasteiger partial charge is 0.369 e. The van der Waals surface area contributed by atoms with Crippen molar-refractivity contribution in [1.82, 2.24) is 20.3 Å². The van der Waals surface area contributed by atoms with Crippen LogP contribution in [0.25, 0.3) is 21.6 Å². The summed E-state index contributed by atoms with van der Waals surface area (Å²) in [4.78, 5) is 26.6. The van der Waals surface area contributed by atoms with Crippen LogP contribution in [0.3, 0.4) is 0 Å². The Kier molecular flexibility index (Phi) is 6.46. The number of nitrogens with one attached hydrogen (secondary N) is 2. The maximum atomic E-state index is 12.9. The number of thiophene rings is 1. The highest BCUT2D eigenvalue weighted by atomic mass is 32.1. The van der Waals surface area contributed by atoms with Crippen molar-refractivity contribution < 1.29 is 4.79 Å². The molecule has 0 saturated carbocycles. The van der Waals surface area contributed by atoms with Crippen molar-refractivity contribution in [1.29, 1.82) is 0 Å². The van der Waals surface area contributed by atoms with Crippen LogP contribution >= 0.6 is 11.3 Å². The van der Waals surface area contributed by atoms with Crippen LogP contribution in [0.1, 0.15) is 43.1 Å². The fourth-order valence-corrected chi connectivity index (χ4v) is 4.33. The molecule has 0 spiro atoms. The number of rotatable bonds is 7. The molecular formula is C25H27N5OS. The van der Waals surface area contributed by atoms with Gasteiger partial charge in [-0.3, -0.25) is 9.78 Å². The predicted molar refractivity (Wildman–Crippen MR) is 131 cm³/mol. The molecule has 4 aromatic rings. The molecule has 0 saturated heterocycles. The molecule has 164 valence electrons. The van der Waals surface area contributed by atoms with Crippen molar-refractivity contribution in [2.75, 3.05) is 11.9 Å². The molecule has 0 aliphatic rings. The van der Waals surface area contributed by atoms with E-state index in [0.29, 0.717) is 16.9 Å². The van der Waals surface area contributed by atoms with E-state index >= 15 is 0 Å². The van der Waals surface area contributed by atoms with Crippen molar-refractivity contribution in [2.45, 2.75) is 39.2 Å². The summed E-state index contributed by atoms with van der Waals surface area (Å²) < 4.78 is 0.890. The third kappa shape index (κ3) is 5.29. The first-order valence-corrected chi connectivity index (χ1v) is 11.6. The van der Waals surface area contributed by atoms with E-state index < -0.39 is 0 Å². The summed E-state index contributed by atoms with van der Waals surface area (Å²) in [5.74, 6) is 1.21. The average molecular weight is 446 g/mol. The number of aryl methyl sites for hydroxylation is 1. The van der Waals surface area contributed by atoms with E-state index in [4.69, 9.17) is 9.97 Å². The van der Waals surface area contributed by atoms with Gasteiger partial charge in [0.25, 0.3) is 5.91 Å². The van der Waals surface area contributed by atoms with E-state index in [1.54, 1.807) is 12.4 Å². The summed E-state index contributed by atoms with van der Waals surface area (Å²) in [7, 11) is 0. The SMILES string of the molecule is CC(C)(C)NC(=O)c1csc2c(NCCCc3ccccc3)nc(-c3ccncc3)nc12. The number of nitrogens with zero attached hydrogens (tertiary/aromatic N) is 3. The minimum absolute atomic E-state index is 0.127. The number of hydrogen-bond acceptors (Lipinski definition) is 6. The Morgan fingerprint density at radius 1 is 1.03 bits per heavy atom. The van der Waals surface area contributed by atoms with Gasteiger partial charge in [-0.2, -0.15) is 0 Å². The first kappa shape index (κ1) is 21.9. The van der Waals surface area contributed by atoms with Crippen LogP contribution in [0.5, 0.6) is 0 Å². The highest BCUT2D eigenvalue weighted by Crippen LogP contribution is 2.32. The van der Waals surface area contributed by atoms with E-state index in [9.17, 15) is 4.79 Å². The van der Waals surface area contributed by atoms with Crippen LogP contribution in [0.4, 0.5) is 5.82 Å². The fraction of sp³-hybridized carbons (Fsp3) is 0.280. The Morgan fingerprint density at radius 2 is 1.78 bits per heavy atom. The smallest absolute Gasteiger partial charge is 0.254 e. The van der Waals surface area contributed by atoms with Gasteiger partial charge in [0.15, 0.2) is 5.82 Å². The van der Waals surface area contributed by atoms with E-state index in [0.717, 1.165) is 35.5 Å². The second-order valence-electron chi connectivity index (χ2n) is 8.68. The van der Waals surface area contributed by atoms with Gasteiger partial charge < -0.3 is 10.6 Å². The highest BCUT2D eigenvalue weighted by Gasteiger charge is 2.22. The lowest BCUT2D eigenvalue weighted by atomic mass is 10.1. The molecule has 0 aliphatic carbocycles. The Labute approximate surface area is 192 Å². The second-order valence-corrected chi connectivity index (χ2v) is 9.56. The molecule has 0 unspecified atom stereocenters. The zero-order valence-electron chi connectivity index (χ0n) is 18.6. The number of amides is 1. The summed E-state index contributed by atoms with van der Waals surface area (Å²) in [5, 5.41) is 8.39. The number of benzene rings is 1.